The van der Waals surface area contributed by atoms with Crippen molar-refractivity contribution in [3.05, 3.63) is 99.7 Å². The molecular formula is C32H33FN5O2P. The Bertz CT molecular complexity index is 1900. The SMILES string of the molecule is Cc1cc(F)ccc1Nc1nc2ccc3c(C)c(C=CCN4CCP(=O)(c5ccccc5)CC4)[nH]c(=O)c3c2n1C. The summed E-state index contributed by atoms with van der Waals surface area (Å²) in [7, 11) is -0.453. The zero-order valence-electron chi connectivity index (χ0n) is 23.4. The molecule has 2 aromatic heterocycles. The van der Waals surface area contributed by atoms with E-state index in [1.165, 1.54) is 12.1 Å². The smallest absolute Gasteiger partial charge is 0.258 e. The summed E-state index contributed by atoms with van der Waals surface area (Å²) in [4.78, 5) is 23.5. The number of aryl methyl sites for hydroxylation is 3. The normalized spacial score (nSPS) is 15.7. The number of fused-ring (bicyclic) bond motifs is 3. The summed E-state index contributed by atoms with van der Waals surface area (Å²) in [5.74, 6) is 0.280. The summed E-state index contributed by atoms with van der Waals surface area (Å²) in [6.07, 6.45) is 5.42. The monoisotopic (exact) mass is 569 g/mol. The van der Waals surface area contributed by atoms with E-state index >= 15 is 0 Å². The molecule has 3 heterocycles. The highest BCUT2D eigenvalue weighted by Crippen LogP contribution is 2.46. The fourth-order valence-electron chi connectivity index (χ4n) is 5.73. The minimum atomic E-state index is -2.32. The van der Waals surface area contributed by atoms with E-state index in [-0.39, 0.29) is 11.4 Å². The number of aromatic amines is 1. The van der Waals surface area contributed by atoms with Crippen LogP contribution in [0.4, 0.5) is 16.0 Å². The molecule has 1 fully saturated rings. The van der Waals surface area contributed by atoms with Crippen molar-refractivity contribution in [2.24, 2.45) is 7.05 Å². The van der Waals surface area contributed by atoms with Gasteiger partial charge >= 0.3 is 0 Å². The summed E-state index contributed by atoms with van der Waals surface area (Å²) < 4.78 is 28.9. The number of benzene rings is 3. The van der Waals surface area contributed by atoms with Crippen LogP contribution < -0.4 is 16.2 Å². The third-order valence-electron chi connectivity index (χ3n) is 8.18. The van der Waals surface area contributed by atoms with Crippen molar-refractivity contribution in [2.75, 3.05) is 37.3 Å². The average Bonchev–Trinajstić information content (AvgIpc) is 3.29. The molecule has 7 nitrogen and oxygen atoms in total. The first-order chi connectivity index (χ1) is 19.7. The number of halogens is 1. The molecule has 1 aliphatic heterocycles. The maximum atomic E-state index is 13.6. The summed E-state index contributed by atoms with van der Waals surface area (Å²) in [5, 5.41) is 5.72. The molecule has 0 saturated carbocycles. The Morgan fingerprint density at radius 3 is 2.56 bits per heavy atom. The van der Waals surface area contributed by atoms with E-state index in [0.29, 0.717) is 29.2 Å². The van der Waals surface area contributed by atoms with Crippen molar-refractivity contribution in [1.82, 2.24) is 19.4 Å². The predicted molar refractivity (Wildman–Crippen MR) is 167 cm³/mol. The Morgan fingerprint density at radius 2 is 1.83 bits per heavy atom. The third kappa shape index (κ3) is 5.14. The third-order valence-corrected chi connectivity index (χ3v) is 11.3. The van der Waals surface area contributed by atoms with Crippen molar-refractivity contribution in [2.45, 2.75) is 13.8 Å². The van der Waals surface area contributed by atoms with Gasteiger partial charge in [-0.1, -0.05) is 42.5 Å². The van der Waals surface area contributed by atoms with Gasteiger partial charge in [0.1, 0.15) is 13.0 Å². The van der Waals surface area contributed by atoms with E-state index in [1.54, 1.807) is 6.07 Å². The highest BCUT2D eigenvalue weighted by molar-refractivity contribution is 7.71. The molecule has 0 amide bonds. The molecule has 1 aliphatic rings. The Balaban J connectivity index is 1.23. The first-order valence-corrected chi connectivity index (χ1v) is 15.9. The van der Waals surface area contributed by atoms with E-state index in [0.717, 1.165) is 58.3 Å². The Hall–Kier alpha value is -4.00. The summed E-state index contributed by atoms with van der Waals surface area (Å²) >= 11 is 0. The van der Waals surface area contributed by atoms with Crippen molar-refractivity contribution in [1.29, 1.82) is 0 Å². The molecule has 0 radical (unpaired) electrons. The maximum absolute atomic E-state index is 13.6. The molecule has 2 N–H and O–H groups in total. The van der Waals surface area contributed by atoms with Crippen LogP contribution in [0.15, 0.2) is 71.5 Å². The molecule has 0 bridgehead atoms. The molecule has 1 saturated heterocycles. The molecule has 0 unspecified atom stereocenters. The summed E-state index contributed by atoms with van der Waals surface area (Å²) in [5.41, 5.74) is 4.54. The molecule has 0 spiro atoms. The van der Waals surface area contributed by atoms with Gasteiger partial charge in [0.05, 0.1) is 16.4 Å². The van der Waals surface area contributed by atoms with Crippen LogP contribution in [0.5, 0.6) is 0 Å². The Kier molecular flexibility index (Phi) is 7.14. The molecule has 9 heteroatoms. The number of aromatic nitrogens is 3. The number of hydrogen-bond donors (Lipinski definition) is 2. The summed E-state index contributed by atoms with van der Waals surface area (Å²) in [6, 6.07) is 18.3. The van der Waals surface area contributed by atoms with Gasteiger partial charge in [-0.15, -0.1) is 0 Å². The van der Waals surface area contributed by atoms with Crippen LogP contribution in [0.2, 0.25) is 0 Å². The van der Waals surface area contributed by atoms with E-state index in [9.17, 15) is 13.8 Å². The average molecular weight is 570 g/mol. The van der Waals surface area contributed by atoms with Crippen molar-refractivity contribution in [3.63, 3.8) is 0 Å². The fraction of sp³-hybridized carbons (Fsp3) is 0.250. The first kappa shape index (κ1) is 27.2. The van der Waals surface area contributed by atoms with Gasteiger partial charge in [-0.25, -0.2) is 9.37 Å². The van der Waals surface area contributed by atoms with Crippen molar-refractivity contribution in [3.8, 4) is 0 Å². The summed E-state index contributed by atoms with van der Waals surface area (Å²) in [6.45, 7) is 6.15. The predicted octanol–water partition coefficient (Wildman–Crippen LogP) is 5.93. The number of hydrogen-bond acceptors (Lipinski definition) is 5. The van der Waals surface area contributed by atoms with Crippen LogP contribution >= 0.6 is 7.14 Å². The van der Waals surface area contributed by atoms with E-state index in [4.69, 9.17) is 4.98 Å². The van der Waals surface area contributed by atoms with Gasteiger partial charge in [-0.05, 0) is 60.7 Å². The van der Waals surface area contributed by atoms with Gasteiger partial charge < -0.3 is 19.4 Å². The topological polar surface area (TPSA) is 83.0 Å². The van der Waals surface area contributed by atoms with E-state index in [2.05, 4.69) is 21.3 Å². The number of nitrogens with zero attached hydrogens (tertiary/aromatic N) is 3. The Morgan fingerprint density at radius 1 is 1.07 bits per heavy atom. The van der Waals surface area contributed by atoms with Gasteiger partial charge in [0.2, 0.25) is 5.95 Å². The van der Waals surface area contributed by atoms with Gasteiger partial charge in [-0.3, -0.25) is 9.69 Å². The van der Waals surface area contributed by atoms with Gasteiger partial charge in [0.25, 0.3) is 5.56 Å². The lowest BCUT2D eigenvalue weighted by Gasteiger charge is -2.31. The molecule has 41 heavy (non-hydrogen) atoms. The molecule has 0 aliphatic carbocycles. The fourth-order valence-corrected chi connectivity index (χ4v) is 8.39. The second-order valence-electron chi connectivity index (χ2n) is 10.8. The molecule has 210 valence electrons. The number of anilines is 2. The van der Waals surface area contributed by atoms with Gasteiger partial charge in [-0.2, -0.15) is 0 Å². The van der Waals surface area contributed by atoms with Crippen LogP contribution in [-0.4, -0.2) is 51.4 Å². The lowest BCUT2D eigenvalue weighted by Crippen LogP contribution is -2.37. The standard InChI is InChI=1S/C32H33FN5O2P/c1-21-20-23(33)11-13-26(21)35-32-36-28-14-12-25-22(2)27(34-31(39)29(25)30(28)37(32)3)10-7-15-38-16-18-41(40,19-17-38)24-8-5-4-6-9-24/h4-14,20H,15-19H2,1-3H3,(H,34,39)(H,35,36). The number of nitrogens with one attached hydrogen (secondary N) is 2. The maximum Gasteiger partial charge on any atom is 0.258 e. The van der Waals surface area contributed by atoms with E-state index < -0.39 is 7.14 Å². The van der Waals surface area contributed by atoms with Crippen molar-refractivity contribution >= 4 is 52.0 Å². The van der Waals surface area contributed by atoms with Crippen LogP contribution in [0.3, 0.4) is 0 Å². The molecule has 6 rings (SSSR count). The van der Waals surface area contributed by atoms with E-state index in [1.807, 2.05) is 74.0 Å². The minimum Gasteiger partial charge on any atom is -0.325 e. The van der Waals surface area contributed by atoms with Crippen LogP contribution in [0.25, 0.3) is 27.9 Å². The number of rotatable bonds is 6. The number of H-pyrrole nitrogens is 1. The lowest BCUT2D eigenvalue weighted by atomic mass is 10.0. The molecule has 3 aromatic carbocycles. The number of pyridine rings is 1. The Labute approximate surface area is 238 Å². The molecule has 0 atom stereocenters. The number of imidazole rings is 1. The zero-order chi connectivity index (χ0) is 28.7. The van der Waals surface area contributed by atoms with Crippen LogP contribution in [-0.2, 0) is 11.6 Å². The second-order valence-corrected chi connectivity index (χ2v) is 14.0. The van der Waals surface area contributed by atoms with Gasteiger partial charge in [0, 0.05) is 55.7 Å². The first-order valence-electron chi connectivity index (χ1n) is 13.8. The lowest BCUT2D eigenvalue weighted by molar-refractivity contribution is 0.328. The minimum absolute atomic E-state index is 0.176. The highest BCUT2D eigenvalue weighted by atomic mass is 31.2. The largest absolute Gasteiger partial charge is 0.325 e. The highest BCUT2D eigenvalue weighted by Gasteiger charge is 2.29. The zero-order valence-corrected chi connectivity index (χ0v) is 24.3. The van der Waals surface area contributed by atoms with Gasteiger partial charge in [0.15, 0.2) is 0 Å². The van der Waals surface area contributed by atoms with Crippen LogP contribution in [0.1, 0.15) is 16.8 Å². The molecular weight excluding hydrogens is 536 g/mol. The van der Waals surface area contributed by atoms with Crippen molar-refractivity contribution < 1.29 is 8.96 Å². The second kappa shape index (κ2) is 10.8. The quantitative estimate of drug-likeness (QED) is 0.248. The molecule has 5 aromatic rings. The van der Waals surface area contributed by atoms with Crippen LogP contribution in [0, 0.1) is 19.7 Å².